The van der Waals surface area contributed by atoms with E-state index >= 15 is 0 Å². The molecule has 0 unspecified atom stereocenters. The number of rotatable bonds is 4. The van der Waals surface area contributed by atoms with Crippen LogP contribution in [0.4, 0.5) is 5.82 Å². The molecule has 0 aliphatic carbocycles. The normalized spacial score (nSPS) is 23.4. The predicted octanol–water partition coefficient (Wildman–Crippen LogP) is 2.50. The second kappa shape index (κ2) is 6.55. The zero-order chi connectivity index (χ0) is 14.7. The van der Waals surface area contributed by atoms with Gasteiger partial charge in [-0.2, -0.15) is 0 Å². The molecule has 1 aliphatic heterocycles. The summed E-state index contributed by atoms with van der Waals surface area (Å²) >= 11 is 0. The van der Waals surface area contributed by atoms with Gasteiger partial charge in [-0.3, -0.25) is 0 Å². The van der Waals surface area contributed by atoms with Crippen LogP contribution >= 0.6 is 0 Å². The van der Waals surface area contributed by atoms with Gasteiger partial charge in [0.2, 0.25) is 0 Å². The fourth-order valence-electron chi connectivity index (χ4n) is 2.62. The summed E-state index contributed by atoms with van der Waals surface area (Å²) in [7, 11) is 0. The van der Waals surface area contributed by atoms with Gasteiger partial charge in [-0.05, 0) is 32.4 Å². The fraction of sp³-hybridized carbons (Fsp3) is 0.688. The number of anilines is 1. The van der Waals surface area contributed by atoms with Crippen LogP contribution in [0.3, 0.4) is 0 Å². The molecule has 2 heterocycles. The Morgan fingerprint density at radius 1 is 1.30 bits per heavy atom. The molecule has 20 heavy (non-hydrogen) atoms. The maximum absolute atomic E-state index is 5.78. The number of morpholine rings is 1. The van der Waals surface area contributed by atoms with E-state index in [1.807, 2.05) is 0 Å². The van der Waals surface area contributed by atoms with Gasteiger partial charge in [0.05, 0.1) is 12.2 Å². The number of aromatic nitrogens is 1. The zero-order valence-corrected chi connectivity index (χ0v) is 13.3. The highest BCUT2D eigenvalue weighted by Gasteiger charge is 2.23. The van der Waals surface area contributed by atoms with E-state index < -0.39 is 0 Å². The lowest BCUT2D eigenvalue weighted by Crippen LogP contribution is -2.45. The van der Waals surface area contributed by atoms with Crippen LogP contribution in [0.25, 0.3) is 0 Å². The van der Waals surface area contributed by atoms with Gasteiger partial charge in [0.15, 0.2) is 0 Å². The number of hydrogen-bond donors (Lipinski definition) is 1. The quantitative estimate of drug-likeness (QED) is 0.917. The van der Waals surface area contributed by atoms with Crippen LogP contribution in [0, 0.1) is 6.92 Å². The van der Waals surface area contributed by atoms with E-state index in [1.165, 1.54) is 5.56 Å². The third-order valence-electron chi connectivity index (χ3n) is 3.62. The van der Waals surface area contributed by atoms with Crippen LogP contribution in [0.5, 0.6) is 0 Å². The van der Waals surface area contributed by atoms with Crippen LogP contribution < -0.4 is 10.2 Å². The number of ether oxygens (including phenoxy) is 1. The molecule has 1 N–H and O–H groups in total. The molecule has 4 nitrogen and oxygen atoms in total. The van der Waals surface area contributed by atoms with E-state index in [0.717, 1.165) is 31.1 Å². The average Bonchev–Trinajstić information content (AvgIpc) is 2.35. The van der Waals surface area contributed by atoms with Crippen molar-refractivity contribution >= 4 is 5.82 Å². The topological polar surface area (TPSA) is 37.4 Å². The third-order valence-corrected chi connectivity index (χ3v) is 3.62. The van der Waals surface area contributed by atoms with E-state index in [9.17, 15) is 0 Å². The van der Waals surface area contributed by atoms with Crippen molar-refractivity contribution in [3.8, 4) is 0 Å². The van der Waals surface area contributed by atoms with Crippen LogP contribution in [-0.4, -0.2) is 36.3 Å². The van der Waals surface area contributed by atoms with Crippen LogP contribution in [0.15, 0.2) is 12.1 Å². The number of pyridine rings is 1. The highest BCUT2D eigenvalue weighted by molar-refractivity contribution is 5.42. The van der Waals surface area contributed by atoms with Gasteiger partial charge in [0.1, 0.15) is 5.82 Å². The maximum Gasteiger partial charge on any atom is 0.128 e. The van der Waals surface area contributed by atoms with Crippen LogP contribution in [-0.2, 0) is 11.3 Å². The number of nitrogens with zero attached hydrogens (tertiary/aromatic N) is 2. The molecule has 0 amide bonds. The average molecular weight is 277 g/mol. The largest absolute Gasteiger partial charge is 0.372 e. The molecule has 0 bridgehead atoms. The molecule has 0 saturated carbocycles. The molecule has 1 fully saturated rings. The van der Waals surface area contributed by atoms with Crippen molar-refractivity contribution in [3.05, 3.63) is 23.4 Å². The standard InChI is InChI=1S/C16H27N3O/c1-11(2)17-8-15-6-7-16(18-14(15)5)19-9-12(3)20-13(4)10-19/h6-7,11-13,17H,8-10H2,1-5H3/t12-,13+. The molecular weight excluding hydrogens is 250 g/mol. The Balaban J connectivity index is 2.08. The summed E-state index contributed by atoms with van der Waals surface area (Å²) in [6, 6.07) is 4.82. The number of hydrogen-bond acceptors (Lipinski definition) is 4. The molecule has 112 valence electrons. The lowest BCUT2D eigenvalue weighted by Gasteiger charge is -2.36. The minimum absolute atomic E-state index is 0.267. The van der Waals surface area contributed by atoms with Crippen LogP contribution in [0.2, 0.25) is 0 Å². The van der Waals surface area contributed by atoms with Gasteiger partial charge in [0.25, 0.3) is 0 Å². The van der Waals surface area contributed by atoms with Gasteiger partial charge in [-0.15, -0.1) is 0 Å². The minimum Gasteiger partial charge on any atom is -0.372 e. The smallest absolute Gasteiger partial charge is 0.128 e. The molecule has 1 aromatic heterocycles. The van der Waals surface area contributed by atoms with Crippen molar-refractivity contribution in [1.29, 1.82) is 0 Å². The zero-order valence-electron chi connectivity index (χ0n) is 13.3. The Hall–Kier alpha value is -1.13. The molecule has 4 heteroatoms. The highest BCUT2D eigenvalue weighted by Crippen LogP contribution is 2.20. The Labute approximate surface area is 122 Å². The highest BCUT2D eigenvalue weighted by atomic mass is 16.5. The van der Waals surface area contributed by atoms with Gasteiger partial charge in [-0.1, -0.05) is 19.9 Å². The monoisotopic (exact) mass is 277 g/mol. The summed E-state index contributed by atoms with van der Waals surface area (Å²) < 4.78 is 5.78. The molecule has 2 rings (SSSR count). The number of nitrogens with one attached hydrogen (secondary N) is 1. The molecule has 1 aromatic rings. The summed E-state index contributed by atoms with van der Waals surface area (Å²) in [6.45, 7) is 13.4. The van der Waals surface area contributed by atoms with Crippen LogP contribution in [0.1, 0.15) is 39.0 Å². The molecule has 0 radical (unpaired) electrons. The molecule has 1 saturated heterocycles. The second-order valence-electron chi connectivity index (χ2n) is 6.11. The van der Waals surface area contributed by atoms with Gasteiger partial charge >= 0.3 is 0 Å². The van der Waals surface area contributed by atoms with E-state index in [-0.39, 0.29) is 12.2 Å². The van der Waals surface area contributed by atoms with Gasteiger partial charge in [0, 0.05) is 31.4 Å². The summed E-state index contributed by atoms with van der Waals surface area (Å²) in [6.07, 6.45) is 0.534. The Bertz CT molecular complexity index is 437. The summed E-state index contributed by atoms with van der Waals surface area (Å²) in [4.78, 5) is 7.10. The first-order chi connectivity index (χ1) is 9.45. The SMILES string of the molecule is Cc1nc(N2C[C@@H](C)O[C@@H](C)C2)ccc1CNC(C)C. The first kappa shape index (κ1) is 15.3. The number of aryl methyl sites for hydroxylation is 1. The fourth-order valence-corrected chi connectivity index (χ4v) is 2.62. The molecule has 0 spiro atoms. The molecular formula is C16H27N3O. The Morgan fingerprint density at radius 3 is 2.50 bits per heavy atom. The second-order valence-corrected chi connectivity index (χ2v) is 6.11. The van der Waals surface area contributed by atoms with Crippen molar-refractivity contribution in [3.63, 3.8) is 0 Å². The Kier molecular flexibility index (Phi) is 5.00. The van der Waals surface area contributed by atoms with Crippen molar-refractivity contribution in [2.45, 2.75) is 59.4 Å². The van der Waals surface area contributed by atoms with Gasteiger partial charge in [-0.25, -0.2) is 4.98 Å². The molecule has 1 aliphatic rings. The first-order valence-electron chi connectivity index (χ1n) is 7.56. The van der Waals surface area contributed by atoms with Crippen molar-refractivity contribution in [1.82, 2.24) is 10.3 Å². The van der Waals surface area contributed by atoms with Gasteiger partial charge < -0.3 is 15.0 Å². The summed E-state index contributed by atoms with van der Waals surface area (Å²) in [5, 5.41) is 3.44. The third kappa shape index (κ3) is 3.93. The maximum atomic E-state index is 5.78. The van der Waals surface area contributed by atoms with Crippen molar-refractivity contribution < 1.29 is 4.74 Å². The lowest BCUT2D eigenvalue weighted by atomic mass is 10.1. The van der Waals surface area contributed by atoms with E-state index in [2.05, 4.69) is 57.0 Å². The molecule has 2 atom stereocenters. The minimum atomic E-state index is 0.267. The molecule has 0 aromatic carbocycles. The Morgan fingerprint density at radius 2 is 1.95 bits per heavy atom. The first-order valence-corrected chi connectivity index (χ1v) is 7.56. The van der Waals surface area contributed by atoms with E-state index in [1.54, 1.807) is 0 Å². The van der Waals surface area contributed by atoms with E-state index in [0.29, 0.717) is 6.04 Å². The van der Waals surface area contributed by atoms with Crippen molar-refractivity contribution in [2.75, 3.05) is 18.0 Å². The predicted molar refractivity (Wildman–Crippen MR) is 83.2 cm³/mol. The van der Waals surface area contributed by atoms with E-state index in [4.69, 9.17) is 9.72 Å². The summed E-state index contributed by atoms with van der Waals surface area (Å²) in [5.41, 5.74) is 2.39. The summed E-state index contributed by atoms with van der Waals surface area (Å²) in [5.74, 6) is 1.07. The van der Waals surface area contributed by atoms with Crippen molar-refractivity contribution in [2.24, 2.45) is 0 Å². The lowest BCUT2D eigenvalue weighted by molar-refractivity contribution is -0.00546.